The van der Waals surface area contributed by atoms with E-state index in [1.807, 2.05) is 23.1 Å². The van der Waals surface area contributed by atoms with Crippen LogP contribution in [0.4, 0.5) is 0 Å². The Kier molecular flexibility index (Phi) is 7.88. The number of amides is 2. The molecular weight excluding hydrogens is 318 g/mol. The van der Waals surface area contributed by atoms with Crippen molar-refractivity contribution in [2.45, 2.75) is 51.0 Å². The second-order valence-corrected chi connectivity index (χ2v) is 6.83. The normalized spacial score (nSPS) is 16.5. The van der Waals surface area contributed by atoms with Gasteiger partial charge in [0.15, 0.2) is 0 Å². The van der Waals surface area contributed by atoms with Gasteiger partial charge in [-0.3, -0.25) is 14.8 Å². The molecule has 1 heterocycles. The highest BCUT2D eigenvalue weighted by Crippen LogP contribution is 2.23. The number of nitrogens with one attached hydrogen (secondary N) is 1. The Hall–Kier alpha value is -1.92. The van der Waals surface area contributed by atoms with E-state index in [0.29, 0.717) is 18.8 Å². The van der Waals surface area contributed by atoms with E-state index in [1.54, 1.807) is 5.48 Å². The van der Waals surface area contributed by atoms with E-state index in [1.165, 1.54) is 5.56 Å². The van der Waals surface area contributed by atoms with Gasteiger partial charge in [-0.2, -0.15) is 0 Å². The van der Waals surface area contributed by atoms with Crippen molar-refractivity contribution in [2.24, 2.45) is 11.7 Å². The molecule has 0 aliphatic carbocycles. The average molecular weight is 347 g/mol. The lowest BCUT2D eigenvalue weighted by molar-refractivity contribution is -0.134. The zero-order valence-electron chi connectivity index (χ0n) is 14.7. The minimum atomic E-state index is -0.440. The second-order valence-electron chi connectivity index (χ2n) is 6.83. The number of hydrogen-bond donors (Lipinski definition) is 3. The zero-order valence-corrected chi connectivity index (χ0v) is 14.7. The molecular formula is C19H29N3O3. The molecule has 25 heavy (non-hydrogen) atoms. The Bertz CT molecular complexity index is 542. The number of hydroxylamine groups is 1. The molecule has 1 fully saturated rings. The second kappa shape index (κ2) is 10.2. The van der Waals surface area contributed by atoms with Gasteiger partial charge >= 0.3 is 0 Å². The van der Waals surface area contributed by atoms with Crippen molar-refractivity contribution in [2.75, 3.05) is 13.1 Å². The van der Waals surface area contributed by atoms with Crippen LogP contribution in [0, 0.1) is 5.92 Å². The number of aryl methyl sites for hydroxylation is 1. The van der Waals surface area contributed by atoms with Crippen molar-refractivity contribution in [3.8, 4) is 0 Å². The Morgan fingerprint density at radius 1 is 1.24 bits per heavy atom. The van der Waals surface area contributed by atoms with Gasteiger partial charge in [0.05, 0.1) is 6.04 Å². The maximum absolute atomic E-state index is 12.5. The SMILES string of the molecule is N[C@@H](CCc1ccccc1)C(=O)N1CCC(CCCC(=O)NO)CC1. The summed E-state index contributed by atoms with van der Waals surface area (Å²) in [6, 6.07) is 9.65. The molecule has 2 amide bonds. The fraction of sp³-hybridized carbons (Fsp3) is 0.579. The van der Waals surface area contributed by atoms with E-state index < -0.39 is 6.04 Å². The third-order valence-corrected chi connectivity index (χ3v) is 4.97. The van der Waals surface area contributed by atoms with Crippen molar-refractivity contribution in [1.29, 1.82) is 0 Å². The minimum Gasteiger partial charge on any atom is -0.341 e. The van der Waals surface area contributed by atoms with Gasteiger partial charge in [0, 0.05) is 19.5 Å². The first kappa shape index (κ1) is 19.4. The van der Waals surface area contributed by atoms with E-state index in [2.05, 4.69) is 12.1 Å². The van der Waals surface area contributed by atoms with Gasteiger partial charge in [-0.05, 0) is 50.0 Å². The minimum absolute atomic E-state index is 0.0500. The predicted octanol–water partition coefficient (Wildman–Crippen LogP) is 1.86. The smallest absolute Gasteiger partial charge is 0.243 e. The molecule has 2 rings (SSSR count). The van der Waals surface area contributed by atoms with Gasteiger partial charge in [-0.25, -0.2) is 5.48 Å². The molecule has 0 bridgehead atoms. The monoisotopic (exact) mass is 347 g/mol. The number of hydrogen-bond acceptors (Lipinski definition) is 4. The molecule has 1 saturated heterocycles. The Morgan fingerprint density at radius 3 is 2.56 bits per heavy atom. The fourth-order valence-corrected chi connectivity index (χ4v) is 3.37. The van der Waals surface area contributed by atoms with Crippen LogP contribution in [0.3, 0.4) is 0 Å². The average Bonchev–Trinajstić information content (AvgIpc) is 2.66. The lowest BCUT2D eigenvalue weighted by Crippen LogP contribution is -2.47. The van der Waals surface area contributed by atoms with Crippen molar-refractivity contribution in [1.82, 2.24) is 10.4 Å². The van der Waals surface area contributed by atoms with Crippen LogP contribution in [-0.2, 0) is 16.0 Å². The number of piperidine rings is 1. The summed E-state index contributed by atoms with van der Waals surface area (Å²) in [5.41, 5.74) is 8.96. The summed E-state index contributed by atoms with van der Waals surface area (Å²) in [6.45, 7) is 1.49. The van der Waals surface area contributed by atoms with Gasteiger partial charge in [-0.15, -0.1) is 0 Å². The van der Waals surface area contributed by atoms with Crippen LogP contribution in [0.15, 0.2) is 30.3 Å². The first-order valence-corrected chi connectivity index (χ1v) is 9.11. The van der Waals surface area contributed by atoms with Crippen LogP contribution in [0.2, 0.25) is 0 Å². The third-order valence-electron chi connectivity index (χ3n) is 4.97. The summed E-state index contributed by atoms with van der Waals surface area (Å²) in [4.78, 5) is 25.4. The summed E-state index contributed by atoms with van der Waals surface area (Å²) in [5, 5.41) is 8.48. The first-order valence-electron chi connectivity index (χ1n) is 9.11. The highest BCUT2D eigenvalue weighted by Gasteiger charge is 2.26. The summed E-state index contributed by atoms with van der Waals surface area (Å²) < 4.78 is 0. The van der Waals surface area contributed by atoms with Gasteiger partial charge in [0.25, 0.3) is 0 Å². The summed E-state index contributed by atoms with van der Waals surface area (Å²) in [6.07, 6.45) is 5.46. The van der Waals surface area contributed by atoms with Gasteiger partial charge in [0.1, 0.15) is 0 Å². The van der Waals surface area contributed by atoms with E-state index in [4.69, 9.17) is 10.9 Å². The van der Waals surface area contributed by atoms with Crippen LogP contribution < -0.4 is 11.2 Å². The number of nitrogens with zero attached hydrogens (tertiary/aromatic N) is 1. The van der Waals surface area contributed by atoms with Gasteiger partial charge < -0.3 is 10.6 Å². The summed E-state index contributed by atoms with van der Waals surface area (Å²) >= 11 is 0. The Morgan fingerprint density at radius 2 is 1.92 bits per heavy atom. The Labute approximate surface area is 149 Å². The molecule has 1 aromatic rings. The molecule has 1 aliphatic rings. The molecule has 0 saturated carbocycles. The van der Waals surface area contributed by atoms with E-state index in [9.17, 15) is 9.59 Å². The first-order chi connectivity index (χ1) is 12.1. The fourth-order valence-electron chi connectivity index (χ4n) is 3.37. The van der Waals surface area contributed by atoms with E-state index in [0.717, 1.165) is 45.2 Å². The zero-order chi connectivity index (χ0) is 18.1. The molecule has 0 aromatic heterocycles. The Balaban J connectivity index is 1.67. The number of rotatable bonds is 8. The van der Waals surface area contributed by atoms with Crippen LogP contribution in [0.25, 0.3) is 0 Å². The summed E-state index contributed by atoms with van der Waals surface area (Å²) in [7, 11) is 0. The molecule has 6 heteroatoms. The molecule has 0 unspecified atom stereocenters. The maximum Gasteiger partial charge on any atom is 0.243 e. The highest BCUT2D eigenvalue weighted by molar-refractivity contribution is 5.81. The molecule has 1 aliphatic heterocycles. The molecule has 1 atom stereocenters. The molecule has 1 aromatic carbocycles. The topological polar surface area (TPSA) is 95.7 Å². The largest absolute Gasteiger partial charge is 0.341 e. The number of likely N-dealkylation sites (tertiary alicyclic amines) is 1. The third kappa shape index (κ3) is 6.48. The van der Waals surface area contributed by atoms with Gasteiger partial charge in [-0.1, -0.05) is 30.3 Å². The number of nitrogens with two attached hydrogens (primary N) is 1. The molecule has 6 nitrogen and oxygen atoms in total. The molecule has 0 radical (unpaired) electrons. The quantitative estimate of drug-likeness (QED) is 0.494. The summed E-state index contributed by atoms with van der Waals surface area (Å²) in [5.74, 6) is 0.252. The highest BCUT2D eigenvalue weighted by atomic mass is 16.5. The standard InChI is InChI=1S/C19H29N3O3/c20-17(10-9-15-5-2-1-3-6-15)19(24)22-13-11-16(12-14-22)7-4-8-18(23)21-25/h1-3,5-6,16-17,25H,4,7-14,20H2,(H,21,23)/t17-/m0/s1. The van der Waals surface area contributed by atoms with Crippen molar-refractivity contribution in [3.05, 3.63) is 35.9 Å². The van der Waals surface area contributed by atoms with Gasteiger partial charge in [0.2, 0.25) is 11.8 Å². The molecule has 138 valence electrons. The van der Waals surface area contributed by atoms with Crippen molar-refractivity contribution >= 4 is 11.8 Å². The maximum atomic E-state index is 12.5. The van der Waals surface area contributed by atoms with Crippen LogP contribution in [0.1, 0.15) is 44.1 Å². The lowest BCUT2D eigenvalue weighted by Gasteiger charge is -2.33. The molecule has 0 spiro atoms. The van der Waals surface area contributed by atoms with E-state index in [-0.39, 0.29) is 11.8 Å². The van der Waals surface area contributed by atoms with Crippen LogP contribution >= 0.6 is 0 Å². The number of carbonyl (C=O) groups excluding carboxylic acids is 2. The van der Waals surface area contributed by atoms with Crippen LogP contribution in [0.5, 0.6) is 0 Å². The van der Waals surface area contributed by atoms with Crippen molar-refractivity contribution < 1.29 is 14.8 Å². The van der Waals surface area contributed by atoms with Crippen molar-refractivity contribution in [3.63, 3.8) is 0 Å². The van der Waals surface area contributed by atoms with E-state index >= 15 is 0 Å². The number of benzene rings is 1. The van der Waals surface area contributed by atoms with Crippen LogP contribution in [-0.4, -0.2) is 41.1 Å². The lowest BCUT2D eigenvalue weighted by atomic mass is 9.91. The number of carbonyl (C=O) groups is 2. The predicted molar refractivity (Wildman–Crippen MR) is 95.8 cm³/mol. The molecule has 4 N–H and O–H groups in total.